The van der Waals surface area contributed by atoms with E-state index < -0.39 is 0 Å². The highest BCUT2D eigenvalue weighted by Crippen LogP contribution is 2.34. The van der Waals surface area contributed by atoms with Crippen molar-refractivity contribution in [3.05, 3.63) is 36.0 Å². The standard InChI is InChI=1S/C16H24N2/c1-12(2)13(8-6-10-17)15-11-18(3)16-9-5-4-7-14(15)16/h4-5,7,9,11-13H,6,8,10,17H2,1-3H3. The average molecular weight is 244 g/mol. The van der Waals surface area contributed by atoms with Crippen LogP contribution in [0.5, 0.6) is 0 Å². The third kappa shape index (κ3) is 2.44. The van der Waals surface area contributed by atoms with E-state index in [9.17, 15) is 0 Å². The lowest BCUT2D eigenvalue weighted by molar-refractivity contribution is 0.460. The zero-order valence-corrected chi connectivity index (χ0v) is 11.7. The van der Waals surface area contributed by atoms with Gasteiger partial charge in [-0.25, -0.2) is 0 Å². The van der Waals surface area contributed by atoms with Gasteiger partial charge in [0, 0.05) is 24.1 Å². The molecule has 18 heavy (non-hydrogen) atoms. The highest BCUT2D eigenvalue weighted by molar-refractivity contribution is 5.84. The summed E-state index contributed by atoms with van der Waals surface area (Å²) in [6.07, 6.45) is 4.58. The van der Waals surface area contributed by atoms with E-state index in [0.717, 1.165) is 13.0 Å². The van der Waals surface area contributed by atoms with E-state index >= 15 is 0 Å². The van der Waals surface area contributed by atoms with Crippen molar-refractivity contribution in [2.24, 2.45) is 18.7 Å². The summed E-state index contributed by atoms with van der Waals surface area (Å²) in [6, 6.07) is 8.67. The normalized spacial score (nSPS) is 13.4. The number of aryl methyl sites for hydroxylation is 1. The van der Waals surface area contributed by atoms with Crippen molar-refractivity contribution in [1.82, 2.24) is 4.57 Å². The largest absolute Gasteiger partial charge is 0.350 e. The first-order valence-corrected chi connectivity index (χ1v) is 6.89. The Balaban J connectivity index is 2.44. The molecule has 0 radical (unpaired) electrons. The van der Waals surface area contributed by atoms with Crippen LogP contribution in [0.15, 0.2) is 30.5 Å². The fraction of sp³-hybridized carbons (Fsp3) is 0.500. The molecular weight excluding hydrogens is 220 g/mol. The van der Waals surface area contributed by atoms with Crippen LogP contribution in [0.25, 0.3) is 10.9 Å². The van der Waals surface area contributed by atoms with E-state index in [2.05, 4.69) is 55.9 Å². The fourth-order valence-corrected chi connectivity index (χ4v) is 2.85. The van der Waals surface area contributed by atoms with Crippen LogP contribution in [0, 0.1) is 5.92 Å². The van der Waals surface area contributed by atoms with Crippen molar-refractivity contribution >= 4 is 10.9 Å². The Hall–Kier alpha value is -1.28. The Morgan fingerprint density at radius 2 is 1.94 bits per heavy atom. The van der Waals surface area contributed by atoms with Crippen LogP contribution in [-0.4, -0.2) is 11.1 Å². The summed E-state index contributed by atoms with van der Waals surface area (Å²) in [5.74, 6) is 1.27. The molecule has 2 nitrogen and oxygen atoms in total. The van der Waals surface area contributed by atoms with E-state index in [0.29, 0.717) is 11.8 Å². The zero-order chi connectivity index (χ0) is 13.1. The Morgan fingerprint density at radius 1 is 1.22 bits per heavy atom. The van der Waals surface area contributed by atoms with E-state index in [-0.39, 0.29) is 0 Å². The Bertz CT molecular complexity index is 511. The summed E-state index contributed by atoms with van der Waals surface area (Å²) in [5.41, 5.74) is 8.48. The third-order valence-electron chi connectivity index (χ3n) is 3.85. The number of nitrogens with two attached hydrogens (primary N) is 1. The van der Waals surface area contributed by atoms with E-state index in [1.54, 1.807) is 0 Å². The number of hydrogen-bond acceptors (Lipinski definition) is 1. The van der Waals surface area contributed by atoms with E-state index in [1.807, 2.05) is 0 Å². The number of aromatic nitrogens is 1. The van der Waals surface area contributed by atoms with Gasteiger partial charge in [0.1, 0.15) is 0 Å². The van der Waals surface area contributed by atoms with Crippen LogP contribution in [0.3, 0.4) is 0 Å². The molecule has 98 valence electrons. The average Bonchev–Trinajstić information content (AvgIpc) is 2.68. The first-order chi connectivity index (χ1) is 8.65. The van der Waals surface area contributed by atoms with Crippen molar-refractivity contribution in [2.45, 2.75) is 32.6 Å². The van der Waals surface area contributed by atoms with Gasteiger partial charge in [-0.2, -0.15) is 0 Å². The summed E-state index contributed by atoms with van der Waals surface area (Å²) in [5, 5.41) is 1.40. The molecule has 0 aliphatic rings. The number of fused-ring (bicyclic) bond motifs is 1. The molecule has 0 aliphatic carbocycles. The van der Waals surface area contributed by atoms with Crippen LogP contribution in [-0.2, 0) is 7.05 Å². The summed E-state index contributed by atoms with van der Waals surface area (Å²) in [7, 11) is 2.13. The monoisotopic (exact) mass is 244 g/mol. The molecule has 0 saturated heterocycles. The second-order valence-electron chi connectivity index (χ2n) is 5.49. The molecule has 1 aromatic heterocycles. The van der Waals surface area contributed by atoms with Crippen LogP contribution >= 0.6 is 0 Å². The molecule has 0 aliphatic heterocycles. The highest BCUT2D eigenvalue weighted by atomic mass is 14.9. The van der Waals surface area contributed by atoms with Gasteiger partial charge < -0.3 is 10.3 Å². The predicted octanol–water partition coefficient (Wildman–Crippen LogP) is 3.66. The summed E-state index contributed by atoms with van der Waals surface area (Å²) < 4.78 is 2.24. The minimum absolute atomic E-state index is 0.611. The number of nitrogens with zero attached hydrogens (tertiary/aromatic N) is 1. The van der Waals surface area contributed by atoms with Crippen LogP contribution in [0.4, 0.5) is 0 Å². The Labute approximate surface area is 110 Å². The first-order valence-electron chi connectivity index (χ1n) is 6.89. The van der Waals surface area contributed by atoms with E-state index in [4.69, 9.17) is 5.73 Å². The van der Waals surface area contributed by atoms with Gasteiger partial charge in [-0.15, -0.1) is 0 Å². The summed E-state index contributed by atoms with van der Waals surface area (Å²) in [6.45, 7) is 5.40. The molecule has 0 spiro atoms. The molecule has 2 rings (SSSR count). The molecule has 0 amide bonds. The van der Waals surface area contributed by atoms with Gasteiger partial charge in [0.2, 0.25) is 0 Å². The maximum atomic E-state index is 5.67. The number of benzene rings is 1. The van der Waals surface area contributed by atoms with Crippen molar-refractivity contribution in [3.63, 3.8) is 0 Å². The van der Waals surface area contributed by atoms with Crippen molar-refractivity contribution in [2.75, 3.05) is 6.54 Å². The third-order valence-corrected chi connectivity index (χ3v) is 3.85. The lowest BCUT2D eigenvalue weighted by Gasteiger charge is -2.20. The van der Waals surface area contributed by atoms with E-state index in [1.165, 1.54) is 22.9 Å². The maximum absolute atomic E-state index is 5.67. The van der Waals surface area contributed by atoms with Gasteiger partial charge in [-0.1, -0.05) is 32.0 Å². The lowest BCUT2D eigenvalue weighted by Crippen LogP contribution is -2.09. The van der Waals surface area contributed by atoms with Crippen molar-refractivity contribution < 1.29 is 0 Å². The van der Waals surface area contributed by atoms with Crippen molar-refractivity contribution in [1.29, 1.82) is 0 Å². The molecule has 0 bridgehead atoms. The van der Waals surface area contributed by atoms with Crippen LogP contribution in [0.2, 0.25) is 0 Å². The smallest absolute Gasteiger partial charge is 0.0480 e. The fourth-order valence-electron chi connectivity index (χ4n) is 2.85. The van der Waals surface area contributed by atoms with Crippen molar-refractivity contribution in [3.8, 4) is 0 Å². The first kappa shape index (κ1) is 13.2. The SMILES string of the molecule is CC(C)C(CCCN)c1cn(C)c2ccccc12. The molecule has 2 heteroatoms. The second-order valence-corrected chi connectivity index (χ2v) is 5.49. The van der Waals surface area contributed by atoms with Gasteiger partial charge in [0.15, 0.2) is 0 Å². The molecule has 1 atom stereocenters. The molecule has 0 saturated carbocycles. The van der Waals surface area contributed by atoms with Crippen LogP contribution < -0.4 is 5.73 Å². The van der Waals surface area contributed by atoms with Crippen LogP contribution in [0.1, 0.15) is 38.2 Å². The lowest BCUT2D eigenvalue weighted by atomic mass is 9.84. The number of hydrogen-bond donors (Lipinski definition) is 1. The molecule has 1 heterocycles. The number of para-hydroxylation sites is 1. The predicted molar refractivity (Wildman–Crippen MR) is 78.8 cm³/mol. The number of rotatable bonds is 5. The quantitative estimate of drug-likeness (QED) is 0.855. The summed E-state index contributed by atoms with van der Waals surface area (Å²) in [4.78, 5) is 0. The summed E-state index contributed by atoms with van der Waals surface area (Å²) >= 11 is 0. The van der Waals surface area contributed by atoms with Gasteiger partial charge in [-0.05, 0) is 42.9 Å². The molecular formula is C16H24N2. The zero-order valence-electron chi connectivity index (χ0n) is 11.7. The minimum Gasteiger partial charge on any atom is -0.350 e. The molecule has 0 fully saturated rings. The maximum Gasteiger partial charge on any atom is 0.0480 e. The van der Waals surface area contributed by atoms with Gasteiger partial charge in [-0.3, -0.25) is 0 Å². The topological polar surface area (TPSA) is 30.9 Å². The van der Waals surface area contributed by atoms with Gasteiger partial charge in [0.25, 0.3) is 0 Å². The minimum atomic E-state index is 0.611. The van der Waals surface area contributed by atoms with Gasteiger partial charge >= 0.3 is 0 Å². The Morgan fingerprint density at radius 3 is 2.61 bits per heavy atom. The molecule has 2 N–H and O–H groups in total. The van der Waals surface area contributed by atoms with Gasteiger partial charge in [0.05, 0.1) is 0 Å². The Kier molecular flexibility index (Phi) is 4.07. The highest BCUT2D eigenvalue weighted by Gasteiger charge is 2.19. The molecule has 2 aromatic rings. The molecule has 1 aromatic carbocycles. The second kappa shape index (κ2) is 5.57. The molecule has 1 unspecified atom stereocenters.